The van der Waals surface area contributed by atoms with Crippen molar-refractivity contribution in [2.75, 3.05) is 0 Å². The molecule has 4 rings (SSSR count). The van der Waals surface area contributed by atoms with Crippen LogP contribution in [0.4, 0.5) is 0 Å². The number of rotatable bonds is 7. The summed E-state index contributed by atoms with van der Waals surface area (Å²) in [5, 5.41) is 5.91. The number of hydrogen-bond acceptors (Lipinski definition) is 4. The fourth-order valence-electron chi connectivity index (χ4n) is 3.07. The van der Waals surface area contributed by atoms with Gasteiger partial charge in [0.1, 0.15) is 23.9 Å². The zero-order valence-electron chi connectivity index (χ0n) is 17.6. The lowest BCUT2D eigenvalue weighted by molar-refractivity contribution is 0.0976. The van der Waals surface area contributed by atoms with E-state index in [0.29, 0.717) is 30.2 Å². The van der Waals surface area contributed by atoms with E-state index in [9.17, 15) is 4.79 Å². The summed E-state index contributed by atoms with van der Waals surface area (Å²) in [4.78, 5) is 12.5. The van der Waals surface area contributed by atoms with Crippen LogP contribution in [0.25, 0.3) is 11.3 Å². The Morgan fingerprint density at radius 2 is 1.64 bits per heavy atom. The van der Waals surface area contributed by atoms with E-state index in [0.717, 1.165) is 21.4 Å². The number of ether oxygens (including phenoxy) is 1. The van der Waals surface area contributed by atoms with Crippen molar-refractivity contribution in [1.82, 2.24) is 10.6 Å². The quantitative estimate of drug-likeness (QED) is 0.288. The summed E-state index contributed by atoms with van der Waals surface area (Å²) < 4.78 is 12.6. The summed E-state index contributed by atoms with van der Waals surface area (Å²) in [6, 6.07) is 28.5. The van der Waals surface area contributed by atoms with Crippen LogP contribution in [0.5, 0.6) is 5.75 Å². The molecule has 4 aromatic rings. The van der Waals surface area contributed by atoms with Crippen LogP contribution in [0.15, 0.2) is 99.9 Å². The van der Waals surface area contributed by atoms with Crippen molar-refractivity contribution in [2.45, 2.75) is 13.2 Å². The highest BCUT2D eigenvalue weighted by Crippen LogP contribution is 2.24. The molecule has 0 saturated carbocycles. The monoisotopic (exact) mass is 520 g/mol. The summed E-state index contributed by atoms with van der Waals surface area (Å²) in [5.74, 6) is 1.88. The van der Waals surface area contributed by atoms with Crippen LogP contribution in [-0.2, 0) is 13.2 Å². The van der Waals surface area contributed by atoms with Crippen LogP contribution in [0.1, 0.15) is 21.7 Å². The minimum atomic E-state index is -0.294. The maximum absolute atomic E-state index is 12.5. The van der Waals surface area contributed by atoms with E-state index in [1.807, 2.05) is 66.7 Å². The number of carbonyl (C=O) groups excluding carboxylic acids is 1. The van der Waals surface area contributed by atoms with Gasteiger partial charge in [-0.15, -0.1) is 0 Å². The second kappa shape index (κ2) is 10.9. The number of amides is 1. The molecule has 0 aliphatic heterocycles. The number of halogens is 1. The van der Waals surface area contributed by atoms with Crippen LogP contribution >= 0.6 is 28.1 Å². The molecule has 1 amide bonds. The smallest absolute Gasteiger partial charge is 0.257 e. The van der Waals surface area contributed by atoms with Crippen LogP contribution in [0.2, 0.25) is 0 Å². The van der Waals surface area contributed by atoms with E-state index in [1.54, 1.807) is 24.3 Å². The van der Waals surface area contributed by atoms with Gasteiger partial charge >= 0.3 is 0 Å². The van der Waals surface area contributed by atoms with Gasteiger partial charge in [0.05, 0.1) is 6.54 Å². The maximum Gasteiger partial charge on any atom is 0.257 e. The molecular weight excluding hydrogens is 500 g/mol. The number of benzene rings is 3. The molecule has 33 heavy (non-hydrogen) atoms. The van der Waals surface area contributed by atoms with Gasteiger partial charge in [0.15, 0.2) is 5.11 Å². The van der Waals surface area contributed by atoms with E-state index in [1.165, 1.54) is 0 Å². The standard InChI is InChI=1S/C26H21BrN2O3S/c27-21-10-6-19(7-11-21)24-15-14-23(32-24)16-28-26(33)29-25(30)20-8-12-22(13-9-20)31-17-18-4-2-1-3-5-18/h1-15H,16-17H2,(H2,28,29,30,33). The minimum Gasteiger partial charge on any atom is -0.489 e. The lowest BCUT2D eigenvalue weighted by Crippen LogP contribution is -2.38. The van der Waals surface area contributed by atoms with Crippen LogP contribution in [-0.4, -0.2) is 11.0 Å². The van der Waals surface area contributed by atoms with E-state index >= 15 is 0 Å². The third kappa shape index (κ3) is 6.54. The van der Waals surface area contributed by atoms with Gasteiger partial charge in [0.25, 0.3) is 5.91 Å². The molecule has 166 valence electrons. The van der Waals surface area contributed by atoms with Gasteiger partial charge in [-0.2, -0.15) is 0 Å². The highest BCUT2D eigenvalue weighted by molar-refractivity contribution is 9.10. The lowest BCUT2D eigenvalue weighted by Gasteiger charge is -2.10. The molecule has 0 spiro atoms. The Morgan fingerprint density at radius 3 is 2.36 bits per heavy atom. The molecule has 0 bridgehead atoms. The number of nitrogens with one attached hydrogen (secondary N) is 2. The first-order chi connectivity index (χ1) is 16.1. The Hall–Kier alpha value is -3.42. The van der Waals surface area contributed by atoms with Crippen molar-refractivity contribution in [3.8, 4) is 17.1 Å². The van der Waals surface area contributed by atoms with Crippen molar-refractivity contribution in [3.63, 3.8) is 0 Å². The Balaban J connectivity index is 1.25. The first-order valence-electron chi connectivity index (χ1n) is 10.3. The number of hydrogen-bond donors (Lipinski definition) is 2. The Labute approximate surface area is 205 Å². The second-order valence-electron chi connectivity index (χ2n) is 7.21. The van der Waals surface area contributed by atoms with E-state index in [2.05, 4.69) is 26.6 Å². The van der Waals surface area contributed by atoms with Gasteiger partial charge in [0.2, 0.25) is 0 Å². The zero-order valence-corrected chi connectivity index (χ0v) is 20.0. The molecule has 3 aromatic carbocycles. The molecule has 2 N–H and O–H groups in total. The van der Waals surface area contributed by atoms with Crippen molar-refractivity contribution in [2.24, 2.45) is 0 Å². The Bertz CT molecular complexity index is 1220. The average molecular weight is 521 g/mol. The lowest BCUT2D eigenvalue weighted by atomic mass is 10.2. The third-order valence-electron chi connectivity index (χ3n) is 4.81. The van der Waals surface area contributed by atoms with Crippen molar-refractivity contribution in [3.05, 3.63) is 112 Å². The Morgan fingerprint density at radius 1 is 0.909 bits per heavy atom. The number of furan rings is 1. The Kier molecular flexibility index (Phi) is 7.55. The van der Waals surface area contributed by atoms with Crippen molar-refractivity contribution >= 4 is 39.2 Å². The fourth-order valence-corrected chi connectivity index (χ4v) is 3.50. The second-order valence-corrected chi connectivity index (χ2v) is 8.53. The summed E-state index contributed by atoms with van der Waals surface area (Å²) >= 11 is 8.67. The molecule has 0 fully saturated rings. The largest absolute Gasteiger partial charge is 0.489 e. The highest BCUT2D eigenvalue weighted by atomic mass is 79.9. The topological polar surface area (TPSA) is 63.5 Å². The van der Waals surface area contributed by atoms with Crippen LogP contribution < -0.4 is 15.4 Å². The van der Waals surface area contributed by atoms with E-state index in [-0.39, 0.29) is 11.0 Å². The highest BCUT2D eigenvalue weighted by Gasteiger charge is 2.10. The summed E-state index contributed by atoms with van der Waals surface area (Å²) in [5.41, 5.74) is 2.55. The van der Waals surface area contributed by atoms with Crippen molar-refractivity contribution in [1.29, 1.82) is 0 Å². The van der Waals surface area contributed by atoms with Crippen molar-refractivity contribution < 1.29 is 13.9 Å². The minimum absolute atomic E-state index is 0.228. The van der Waals surface area contributed by atoms with E-state index in [4.69, 9.17) is 21.4 Å². The molecule has 0 unspecified atom stereocenters. The molecule has 0 aliphatic carbocycles. The number of thiocarbonyl (C=S) groups is 1. The van der Waals surface area contributed by atoms with Gasteiger partial charge in [-0.05, 0) is 66.3 Å². The SMILES string of the molecule is O=C(NC(=S)NCc1ccc(-c2ccc(Br)cc2)o1)c1ccc(OCc2ccccc2)cc1. The molecule has 7 heteroatoms. The predicted octanol–water partition coefficient (Wildman–Crippen LogP) is 6.09. The molecule has 0 saturated heterocycles. The van der Waals surface area contributed by atoms with Gasteiger partial charge in [-0.25, -0.2) is 0 Å². The third-order valence-corrected chi connectivity index (χ3v) is 5.58. The molecule has 1 aromatic heterocycles. The number of carbonyl (C=O) groups is 1. The summed E-state index contributed by atoms with van der Waals surface area (Å²) in [6.07, 6.45) is 0. The van der Waals surface area contributed by atoms with Crippen LogP contribution in [0, 0.1) is 0 Å². The van der Waals surface area contributed by atoms with Gasteiger partial charge < -0.3 is 14.5 Å². The molecular formula is C26H21BrN2O3S. The maximum atomic E-state index is 12.5. The summed E-state index contributed by atoms with van der Waals surface area (Å²) in [6.45, 7) is 0.832. The normalized spacial score (nSPS) is 10.5. The van der Waals surface area contributed by atoms with E-state index < -0.39 is 0 Å². The summed E-state index contributed by atoms with van der Waals surface area (Å²) in [7, 11) is 0. The fraction of sp³-hybridized carbons (Fsp3) is 0.0769. The van der Waals surface area contributed by atoms with Gasteiger partial charge in [-0.3, -0.25) is 10.1 Å². The molecule has 1 heterocycles. The first kappa shape index (κ1) is 22.8. The average Bonchev–Trinajstić information content (AvgIpc) is 3.32. The van der Waals surface area contributed by atoms with Gasteiger partial charge in [-0.1, -0.05) is 58.4 Å². The zero-order chi connectivity index (χ0) is 23.0. The predicted molar refractivity (Wildman–Crippen MR) is 136 cm³/mol. The molecule has 0 atom stereocenters. The first-order valence-corrected chi connectivity index (χ1v) is 11.5. The molecule has 0 aliphatic rings. The molecule has 0 radical (unpaired) electrons. The van der Waals surface area contributed by atoms with Crippen LogP contribution in [0.3, 0.4) is 0 Å². The van der Waals surface area contributed by atoms with Gasteiger partial charge in [0, 0.05) is 15.6 Å². The molecule has 5 nitrogen and oxygen atoms in total.